The van der Waals surface area contributed by atoms with Crippen molar-refractivity contribution in [3.63, 3.8) is 0 Å². The Bertz CT molecular complexity index is 967. The first-order chi connectivity index (χ1) is 16.4. The maximum Gasteiger partial charge on any atom is 0.330 e. The Balaban J connectivity index is 2.18. The van der Waals surface area contributed by atoms with Crippen molar-refractivity contribution in [2.45, 2.75) is 71.9 Å². The number of esters is 1. The van der Waals surface area contributed by atoms with Gasteiger partial charge in [0.05, 0.1) is 7.11 Å². The summed E-state index contributed by atoms with van der Waals surface area (Å²) in [7, 11) is 0.551. The molecule has 35 heavy (non-hydrogen) atoms. The molecule has 3 rings (SSSR count). The zero-order valence-corrected chi connectivity index (χ0v) is 24.3. The van der Waals surface area contributed by atoms with E-state index in [-0.39, 0.29) is 33.7 Å². The predicted octanol–water partition coefficient (Wildman–Crippen LogP) is 7.06. The number of carbonyl (C=O) groups is 1. The zero-order valence-electron chi connectivity index (χ0n) is 22.9. The van der Waals surface area contributed by atoms with Crippen LogP contribution in [0.2, 0.25) is 5.04 Å². The van der Waals surface area contributed by atoms with Crippen LogP contribution in [-0.2, 0) is 19.6 Å². The van der Waals surface area contributed by atoms with E-state index in [4.69, 9.17) is 9.16 Å². The molecule has 1 aliphatic carbocycles. The van der Waals surface area contributed by atoms with Crippen molar-refractivity contribution in [1.82, 2.24) is 0 Å². The minimum absolute atomic E-state index is 0.0103. The summed E-state index contributed by atoms with van der Waals surface area (Å²) in [5, 5.41) is 0.164. The molecule has 0 bridgehead atoms. The van der Waals surface area contributed by atoms with Crippen molar-refractivity contribution in [2.24, 2.45) is 22.7 Å². The second kappa shape index (κ2) is 10.4. The van der Waals surface area contributed by atoms with Gasteiger partial charge in [-0.3, -0.25) is 0 Å². The maximum atomic E-state index is 11.8. The number of benzene rings is 2. The summed E-state index contributed by atoms with van der Waals surface area (Å²) in [6.07, 6.45) is 5.75. The molecule has 1 unspecified atom stereocenters. The molecule has 2 aromatic rings. The highest BCUT2D eigenvalue weighted by Crippen LogP contribution is 2.66. The van der Waals surface area contributed by atoms with Gasteiger partial charge < -0.3 is 9.16 Å². The van der Waals surface area contributed by atoms with E-state index >= 15 is 0 Å². The number of ether oxygens (including phenoxy) is 1. The lowest BCUT2D eigenvalue weighted by molar-refractivity contribution is -0.134. The Labute approximate surface area is 215 Å². The summed E-state index contributed by atoms with van der Waals surface area (Å²) in [6.45, 7) is 16.3. The van der Waals surface area contributed by atoms with Crippen LogP contribution in [0.5, 0.6) is 0 Å². The molecule has 0 saturated heterocycles. The molecule has 3 atom stereocenters. The van der Waals surface area contributed by atoms with E-state index < -0.39 is 15.4 Å². The first-order valence-corrected chi connectivity index (χ1v) is 14.2. The third-order valence-electron chi connectivity index (χ3n) is 8.65. The molecule has 1 aliphatic rings. The molecular formula is C31H44O3Si. The number of allylic oxidation sites excluding steroid dienone is 1. The van der Waals surface area contributed by atoms with Gasteiger partial charge in [0.25, 0.3) is 0 Å². The van der Waals surface area contributed by atoms with Crippen LogP contribution in [0.1, 0.15) is 72.4 Å². The van der Waals surface area contributed by atoms with Crippen molar-refractivity contribution in [1.29, 1.82) is 0 Å². The normalized spacial score (nSPS) is 23.7. The van der Waals surface area contributed by atoms with Crippen LogP contribution in [0.4, 0.5) is 0 Å². The molecule has 0 spiro atoms. The number of rotatable bonds is 8. The molecule has 190 valence electrons. The fraction of sp³-hybridized carbons (Fsp3) is 0.516. The van der Waals surface area contributed by atoms with Crippen LogP contribution in [0.3, 0.4) is 0 Å². The van der Waals surface area contributed by atoms with Crippen LogP contribution in [0.15, 0.2) is 72.8 Å². The van der Waals surface area contributed by atoms with Crippen molar-refractivity contribution in [3.05, 3.63) is 83.9 Å². The van der Waals surface area contributed by atoms with E-state index in [9.17, 15) is 4.79 Å². The lowest BCUT2D eigenvalue weighted by atomic mass is 9.56. The van der Waals surface area contributed by atoms with Gasteiger partial charge in [-0.05, 0) is 45.8 Å². The SMILES string of the molecule is COC(=O)C=CC(C)[C@@]1(C)CC[C@@H](C(O[SiH2]C(C)(C)C)(c2ccccc2)c2ccccc2)C1(C)C. The third kappa shape index (κ3) is 5.34. The quantitative estimate of drug-likeness (QED) is 0.225. The average molecular weight is 493 g/mol. The third-order valence-corrected chi connectivity index (χ3v) is 10.1. The number of carbonyl (C=O) groups excluding carboxylic acids is 1. The maximum absolute atomic E-state index is 11.8. The molecule has 3 nitrogen and oxygen atoms in total. The van der Waals surface area contributed by atoms with Gasteiger partial charge in [0.2, 0.25) is 0 Å². The van der Waals surface area contributed by atoms with Crippen LogP contribution < -0.4 is 0 Å². The van der Waals surface area contributed by atoms with Gasteiger partial charge in [0.15, 0.2) is 9.76 Å². The lowest BCUT2D eigenvalue weighted by Crippen LogP contribution is -2.50. The van der Waals surface area contributed by atoms with Gasteiger partial charge >= 0.3 is 5.97 Å². The van der Waals surface area contributed by atoms with E-state index in [0.717, 1.165) is 12.8 Å². The van der Waals surface area contributed by atoms with Crippen molar-refractivity contribution < 1.29 is 14.0 Å². The van der Waals surface area contributed by atoms with Crippen molar-refractivity contribution in [2.75, 3.05) is 7.11 Å². The van der Waals surface area contributed by atoms with Crippen molar-refractivity contribution in [3.8, 4) is 0 Å². The standard InChI is InChI=1S/C31H44O3Si/c1-23(19-20-27(32)33-8)30(7)22-21-26(29(30,5)6)31(34-35-28(2,3)4,24-15-11-9-12-16-24)25-17-13-10-14-18-25/h9-20,23,26H,21-22,35H2,1-8H3/t23?,26-,30-/m1/s1. The Morgan fingerprint density at radius 1 is 1.00 bits per heavy atom. The zero-order chi connectivity index (χ0) is 25.9. The average Bonchev–Trinajstić information content (AvgIpc) is 3.08. The molecule has 0 aromatic heterocycles. The summed E-state index contributed by atoms with van der Waals surface area (Å²) < 4.78 is 12.2. The number of hydrogen-bond donors (Lipinski definition) is 0. The molecule has 0 N–H and O–H groups in total. The number of methoxy groups -OCH3 is 1. The highest BCUT2D eigenvalue weighted by molar-refractivity contribution is 6.32. The van der Waals surface area contributed by atoms with E-state index in [1.807, 2.05) is 6.08 Å². The highest BCUT2D eigenvalue weighted by atomic mass is 28.2. The fourth-order valence-electron chi connectivity index (χ4n) is 6.09. The Hall–Kier alpha value is -2.17. The topological polar surface area (TPSA) is 35.5 Å². The Morgan fingerprint density at radius 2 is 1.51 bits per heavy atom. The largest absolute Gasteiger partial charge is 0.466 e. The van der Waals surface area contributed by atoms with Crippen LogP contribution in [0.25, 0.3) is 0 Å². The molecule has 0 amide bonds. The summed E-state index contributed by atoms with van der Waals surface area (Å²) in [4.78, 5) is 11.8. The molecule has 0 aliphatic heterocycles. The van der Waals surface area contributed by atoms with E-state index in [0.29, 0.717) is 0 Å². The van der Waals surface area contributed by atoms with E-state index in [2.05, 4.69) is 109 Å². The minimum atomic E-state index is -0.879. The molecule has 2 aromatic carbocycles. The van der Waals surface area contributed by atoms with Crippen molar-refractivity contribution >= 4 is 15.7 Å². The molecule has 0 heterocycles. The summed E-state index contributed by atoms with van der Waals surface area (Å²) in [5.41, 5.74) is 1.88. The van der Waals surface area contributed by atoms with E-state index in [1.54, 1.807) is 6.08 Å². The van der Waals surface area contributed by atoms with Crippen LogP contribution in [-0.4, -0.2) is 22.8 Å². The molecule has 0 radical (unpaired) electrons. The summed E-state index contributed by atoms with van der Waals surface area (Å²) >= 11 is 0. The van der Waals surface area contributed by atoms with Crippen LogP contribution in [0, 0.1) is 22.7 Å². The number of hydrogen-bond acceptors (Lipinski definition) is 3. The fourth-order valence-corrected chi connectivity index (χ4v) is 7.29. The first kappa shape index (κ1) is 27.4. The molecule has 1 saturated carbocycles. The van der Waals surface area contributed by atoms with E-state index in [1.165, 1.54) is 18.2 Å². The van der Waals surface area contributed by atoms with Gasteiger partial charge in [-0.25, -0.2) is 4.79 Å². The van der Waals surface area contributed by atoms with Crippen LogP contribution >= 0.6 is 0 Å². The second-order valence-corrected chi connectivity index (χ2v) is 14.9. The van der Waals surface area contributed by atoms with Gasteiger partial charge in [-0.1, -0.05) is 115 Å². The van der Waals surface area contributed by atoms with Gasteiger partial charge in [-0.15, -0.1) is 0 Å². The minimum Gasteiger partial charge on any atom is -0.466 e. The first-order valence-electron chi connectivity index (χ1n) is 12.9. The summed E-state index contributed by atoms with van der Waals surface area (Å²) in [5.74, 6) is 0.189. The van der Waals surface area contributed by atoms with Gasteiger partial charge in [0, 0.05) is 12.0 Å². The Kier molecular flexibility index (Phi) is 8.18. The predicted molar refractivity (Wildman–Crippen MR) is 148 cm³/mol. The molecule has 4 heteroatoms. The highest BCUT2D eigenvalue weighted by Gasteiger charge is 2.61. The smallest absolute Gasteiger partial charge is 0.330 e. The lowest BCUT2D eigenvalue weighted by Gasteiger charge is -2.52. The van der Waals surface area contributed by atoms with Gasteiger partial charge in [-0.2, -0.15) is 0 Å². The van der Waals surface area contributed by atoms with Gasteiger partial charge in [0.1, 0.15) is 5.60 Å². The monoisotopic (exact) mass is 492 g/mol. The second-order valence-electron chi connectivity index (χ2n) is 12.2. The summed E-state index contributed by atoms with van der Waals surface area (Å²) in [6, 6.07) is 21.7. The molecular weight excluding hydrogens is 448 g/mol. The Morgan fingerprint density at radius 3 is 1.97 bits per heavy atom. The molecule has 1 fully saturated rings.